The molecule has 1 atom stereocenters. The molecule has 1 unspecified atom stereocenters. The fourth-order valence-electron chi connectivity index (χ4n) is 4.11. The molecule has 4 rings (SSSR count). The van der Waals surface area contributed by atoms with Gasteiger partial charge < -0.3 is 24.4 Å². The summed E-state index contributed by atoms with van der Waals surface area (Å²) in [7, 11) is 4.53. The molecule has 1 N–H and O–H groups in total. The molecular weight excluding hydrogens is 521 g/mol. The average Bonchev–Trinajstić information content (AvgIpc) is 3.03. The Labute approximate surface area is 221 Å². The van der Waals surface area contributed by atoms with Crippen LogP contribution in [0.25, 0.3) is 0 Å². The monoisotopic (exact) mass is 546 g/mol. The summed E-state index contributed by atoms with van der Waals surface area (Å²) in [6, 6.07) is 14.9. The second-order valence-corrected chi connectivity index (χ2v) is 9.58. The number of amides is 2. The van der Waals surface area contributed by atoms with Crippen LogP contribution in [0, 0.1) is 0 Å². The van der Waals surface area contributed by atoms with Crippen molar-refractivity contribution in [1.82, 2.24) is 0 Å². The lowest BCUT2D eigenvalue weighted by Gasteiger charge is -2.22. The van der Waals surface area contributed by atoms with Gasteiger partial charge >= 0.3 is 6.18 Å². The summed E-state index contributed by atoms with van der Waals surface area (Å²) in [6.45, 7) is -0.306. The Bertz CT molecular complexity index is 1310. The highest BCUT2D eigenvalue weighted by Crippen LogP contribution is 2.49. The number of rotatable bonds is 7. The fraction of sp³-hybridized carbons (Fsp3) is 0.259. The molecule has 0 spiro atoms. The minimum atomic E-state index is -4.48. The third-order valence-electron chi connectivity index (χ3n) is 5.94. The number of ether oxygens (including phenoxy) is 3. The first-order chi connectivity index (χ1) is 18.1. The molecule has 7 nitrogen and oxygen atoms in total. The van der Waals surface area contributed by atoms with Crippen LogP contribution in [0.5, 0.6) is 17.2 Å². The van der Waals surface area contributed by atoms with Crippen molar-refractivity contribution in [3.8, 4) is 17.2 Å². The molecule has 0 bridgehead atoms. The predicted molar refractivity (Wildman–Crippen MR) is 138 cm³/mol. The van der Waals surface area contributed by atoms with Crippen LogP contribution in [-0.2, 0) is 15.8 Å². The molecule has 3 aromatic carbocycles. The zero-order valence-electron chi connectivity index (χ0n) is 20.8. The Morgan fingerprint density at radius 2 is 1.63 bits per heavy atom. The summed E-state index contributed by atoms with van der Waals surface area (Å²) >= 11 is 1.47. The van der Waals surface area contributed by atoms with Gasteiger partial charge in [0.25, 0.3) is 0 Å². The number of benzene rings is 3. The van der Waals surface area contributed by atoms with Crippen LogP contribution in [0.2, 0.25) is 0 Å². The van der Waals surface area contributed by atoms with Gasteiger partial charge in [-0.2, -0.15) is 13.2 Å². The number of hydrogen-bond donors (Lipinski definition) is 1. The van der Waals surface area contributed by atoms with Crippen molar-refractivity contribution >= 4 is 35.0 Å². The Balaban J connectivity index is 1.58. The fourth-order valence-corrected chi connectivity index (χ4v) is 5.37. The van der Waals surface area contributed by atoms with Crippen LogP contribution in [0.4, 0.5) is 24.5 Å². The van der Waals surface area contributed by atoms with Crippen LogP contribution in [0.1, 0.15) is 22.8 Å². The summed E-state index contributed by atoms with van der Waals surface area (Å²) in [5.41, 5.74) is 0.730. The number of nitrogens with one attached hydrogen (secondary N) is 1. The van der Waals surface area contributed by atoms with E-state index in [0.29, 0.717) is 22.9 Å². The van der Waals surface area contributed by atoms with Gasteiger partial charge in [0.05, 0.1) is 32.6 Å². The van der Waals surface area contributed by atoms with Gasteiger partial charge in [0.15, 0.2) is 11.5 Å². The minimum Gasteiger partial charge on any atom is -0.493 e. The normalized spacial score (nSPS) is 15.4. The number of thioether (sulfide) groups is 1. The van der Waals surface area contributed by atoms with Crippen molar-refractivity contribution in [3.63, 3.8) is 0 Å². The highest BCUT2D eigenvalue weighted by atomic mass is 32.2. The second-order valence-electron chi connectivity index (χ2n) is 8.34. The van der Waals surface area contributed by atoms with Gasteiger partial charge in [0, 0.05) is 22.3 Å². The van der Waals surface area contributed by atoms with Gasteiger partial charge in [0.1, 0.15) is 6.54 Å². The van der Waals surface area contributed by atoms with E-state index in [2.05, 4.69) is 5.32 Å². The zero-order valence-corrected chi connectivity index (χ0v) is 21.6. The lowest BCUT2D eigenvalue weighted by molar-refractivity contribution is -0.137. The van der Waals surface area contributed by atoms with Crippen LogP contribution in [0.3, 0.4) is 0 Å². The molecule has 11 heteroatoms. The van der Waals surface area contributed by atoms with Crippen LogP contribution in [0.15, 0.2) is 65.6 Å². The number of hydrogen-bond acceptors (Lipinski definition) is 6. The molecule has 0 fully saturated rings. The number of halogens is 3. The maximum Gasteiger partial charge on any atom is 0.416 e. The maximum atomic E-state index is 13.5. The Morgan fingerprint density at radius 1 is 1.00 bits per heavy atom. The third-order valence-corrected chi connectivity index (χ3v) is 7.27. The van der Waals surface area contributed by atoms with E-state index in [4.69, 9.17) is 14.2 Å². The van der Waals surface area contributed by atoms with E-state index >= 15 is 0 Å². The van der Waals surface area contributed by atoms with Crippen molar-refractivity contribution in [3.05, 3.63) is 71.8 Å². The van der Waals surface area contributed by atoms with E-state index in [1.807, 2.05) is 12.1 Å². The summed E-state index contributed by atoms with van der Waals surface area (Å²) in [4.78, 5) is 28.5. The van der Waals surface area contributed by atoms with Gasteiger partial charge in [0.2, 0.25) is 17.6 Å². The Morgan fingerprint density at radius 3 is 2.21 bits per heavy atom. The van der Waals surface area contributed by atoms with E-state index in [-0.39, 0.29) is 29.8 Å². The number of carbonyl (C=O) groups is 2. The van der Waals surface area contributed by atoms with E-state index < -0.39 is 17.6 Å². The first-order valence-electron chi connectivity index (χ1n) is 11.5. The molecule has 2 amide bonds. The number of para-hydroxylation sites is 1. The summed E-state index contributed by atoms with van der Waals surface area (Å²) < 4.78 is 54.9. The molecule has 0 saturated carbocycles. The van der Waals surface area contributed by atoms with Gasteiger partial charge in [-0.05, 0) is 54.1 Å². The quantitative estimate of drug-likeness (QED) is 0.395. The molecular formula is C27H25F3N2O5S. The van der Waals surface area contributed by atoms with Crippen molar-refractivity contribution in [2.75, 3.05) is 38.1 Å². The highest BCUT2D eigenvalue weighted by Gasteiger charge is 2.32. The molecule has 0 saturated heterocycles. The van der Waals surface area contributed by atoms with E-state index in [9.17, 15) is 22.8 Å². The smallest absolute Gasteiger partial charge is 0.416 e. The lowest BCUT2D eigenvalue weighted by Crippen LogP contribution is -2.38. The molecule has 1 aliphatic rings. The summed E-state index contributed by atoms with van der Waals surface area (Å²) in [5.74, 6) is 0.527. The van der Waals surface area contributed by atoms with Crippen molar-refractivity contribution < 1.29 is 37.0 Å². The average molecular weight is 547 g/mol. The first kappa shape index (κ1) is 27.2. The van der Waals surface area contributed by atoms with E-state index in [1.54, 1.807) is 24.3 Å². The number of alkyl halides is 3. The van der Waals surface area contributed by atoms with E-state index in [1.165, 1.54) is 50.1 Å². The molecule has 0 aliphatic carbocycles. The number of methoxy groups -OCH3 is 3. The van der Waals surface area contributed by atoms with Gasteiger partial charge in [-0.3, -0.25) is 9.59 Å². The Hall–Kier alpha value is -3.86. The van der Waals surface area contributed by atoms with Gasteiger partial charge in [-0.1, -0.05) is 12.1 Å². The molecule has 200 valence electrons. The van der Waals surface area contributed by atoms with Crippen LogP contribution >= 0.6 is 11.8 Å². The van der Waals surface area contributed by atoms with Crippen molar-refractivity contribution in [2.45, 2.75) is 22.7 Å². The molecule has 0 aromatic heterocycles. The van der Waals surface area contributed by atoms with Crippen LogP contribution in [-0.4, -0.2) is 39.7 Å². The summed E-state index contributed by atoms with van der Waals surface area (Å²) in [6.07, 6.45) is -4.40. The summed E-state index contributed by atoms with van der Waals surface area (Å²) in [5, 5.41) is 2.25. The zero-order chi connectivity index (χ0) is 27.4. The number of anilines is 2. The third kappa shape index (κ3) is 5.83. The molecule has 1 aliphatic heterocycles. The molecule has 0 radical (unpaired) electrons. The van der Waals surface area contributed by atoms with Crippen LogP contribution < -0.4 is 24.4 Å². The predicted octanol–water partition coefficient (Wildman–Crippen LogP) is 5.94. The van der Waals surface area contributed by atoms with E-state index in [0.717, 1.165) is 22.6 Å². The largest absolute Gasteiger partial charge is 0.493 e. The van der Waals surface area contributed by atoms with Gasteiger partial charge in [-0.15, -0.1) is 11.8 Å². The highest BCUT2D eigenvalue weighted by molar-refractivity contribution is 7.99. The maximum absolute atomic E-state index is 13.5. The number of nitrogens with zero attached hydrogens (tertiary/aromatic N) is 1. The Kier molecular flexibility index (Phi) is 8.05. The number of fused-ring (bicyclic) bond motifs is 1. The molecule has 38 heavy (non-hydrogen) atoms. The minimum absolute atomic E-state index is 0.0749. The van der Waals surface area contributed by atoms with Gasteiger partial charge in [-0.25, -0.2) is 0 Å². The topological polar surface area (TPSA) is 77.1 Å². The number of carbonyl (C=O) groups excluding carboxylic acids is 2. The standard InChI is InChI=1S/C27H25F3N2O5S/c1-35-20-12-16(13-21(36-2)26(20)37-3)23-14-25(34)32(19-6-4-5-7-22(19)38-23)15-24(33)31-18-10-8-17(9-11-18)27(28,29)30/h4-13,23H,14-15H2,1-3H3,(H,31,33). The van der Waals surface area contributed by atoms with Crippen molar-refractivity contribution in [1.29, 1.82) is 0 Å². The second kappa shape index (κ2) is 11.3. The van der Waals surface area contributed by atoms with Crippen molar-refractivity contribution in [2.24, 2.45) is 0 Å². The lowest BCUT2D eigenvalue weighted by atomic mass is 10.1. The molecule has 3 aromatic rings. The first-order valence-corrected chi connectivity index (χ1v) is 12.4. The molecule has 1 heterocycles. The SMILES string of the molecule is COc1cc(C2CC(=O)N(CC(=O)Nc3ccc(C(F)(F)F)cc3)c3ccccc3S2)cc(OC)c1OC.